The molecule has 6 nitrogen and oxygen atoms in total. The lowest BCUT2D eigenvalue weighted by Crippen LogP contribution is -2.49. The van der Waals surface area contributed by atoms with Gasteiger partial charge < -0.3 is 0 Å². The predicted octanol–water partition coefficient (Wildman–Crippen LogP) is 1.55. The smallest absolute Gasteiger partial charge is 0.246 e. The average molecular weight is 340 g/mol. The normalized spacial score (nSPS) is 19.4. The van der Waals surface area contributed by atoms with Crippen molar-refractivity contribution in [2.24, 2.45) is 7.05 Å². The number of hydrogen-bond acceptors (Lipinski definition) is 5. The molecule has 0 amide bonds. The first kappa shape index (κ1) is 15.7. The number of nitrogens with zero attached hydrogens (tertiary/aromatic N) is 4. The molecule has 1 aliphatic heterocycles. The van der Waals surface area contributed by atoms with Crippen molar-refractivity contribution in [2.45, 2.75) is 17.9 Å². The lowest BCUT2D eigenvalue weighted by atomic mass is 10.1. The number of sulfonamides is 1. The number of aryl methyl sites for hydroxylation is 1. The van der Waals surface area contributed by atoms with Gasteiger partial charge in [0.05, 0.1) is 6.20 Å². The third-order valence-electron chi connectivity index (χ3n) is 4.17. The fourth-order valence-electron chi connectivity index (χ4n) is 2.74. The molecule has 22 heavy (non-hydrogen) atoms. The lowest BCUT2D eigenvalue weighted by Gasteiger charge is -2.37. The van der Waals surface area contributed by atoms with E-state index in [1.54, 1.807) is 28.9 Å². The van der Waals surface area contributed by atoms with Crippen LogP contribution in [-0.2, 0) is 17.1 Å². The van der Waals surface area contributed by atoms with Gasteiger partial charge in [-0.15, -0.1) is 0 Å². The van der Waals surface area contributed by atoms with Crippen molar-refractivity contribution in [3.63, 3.8) is 0 Å². The van der Waals surface area contributed by atoms with Crippen molar-refractivity contribution >= 4 is 21.4 Å². The minimum absolute atomic E-state index is 0.273. The quantitative estimate of drug-likeness (QED) is 0.847. The summed E-state index contributed by atoms with van der Waals surface area (Å²) in [6.45, 7) is 4.71. The van der Waals surface area contributed by atoms with E-state index in [4.69, 9.17) is 0 Å². The largest absolute Gasteiger partial charge is 0.294 e. The Morgan fingerprint density at radius 3 is 2.55 bits per heavy atom. The van der Waals surface area contributed by atoms with Gasteiger partial charge in [-0.2, -0.15) is 20.7 Å². The van der Waals surface area contributed by atoms with Gasteiger partial charge in [0.15, 0.2) is 0 Å². The second kappa shape index (κ2) is 6.11. The molecule has 0 unspecified atom stereocenters. The van der Waals surface area contributed by atoms with E-state index >= 15 is 0 Å². The Morgan fingerprint density at radius 2 is 2.00 bits per heavy atom. The van der Waals surface area contributed by atoms with Crippen LogP contribution in [-0.4, -0.2) is 53.6 Å². The minimum atomic E-state index is -3.42. The van der Waals surface area contributed by atoms with Crippen LogP contribution in [0.1, 0.15) is 18.5 Å². The van der Waals surface area contributed by atoms with Crippen molar-refractivity contribution in [1.82, 2.24) is 19.0 Å². The van der Waals surface area contributed by atoms with Gasteiger partial charge in [0.1, 0.15) is 4.90 Å². The monoisotopic (exact) mass is 340 g/mol. The van der Waals surface area contributed by atoms with Gasteiger partial charge in [-0.3, -0.25) is 9.58 Å². The zero-order valence-corrected chi connectivity index (χ0v) is 14.3. The molecule has 1 fully saturated rings. The Morgan fingerprint density at radius 1 is 1.27 bits per heavy atom. The molecule has 0 bridgehead atoms. The van der Waals surface area contributed by atoms with Crippen LogP contribution in [0.15, 0.2) is 34.1 Å². The molecule has 0 saturated carbocycles. The van der Waals surface area contributed by atoms with Crippen LogP contribution in [0.5, 0.6) is 0 Å². The van der Waals surface area contributed by atoms with E-state index in [0.29, 0.717) is 19.1 Å². The maximum Gasteiger partial charge on any atom is 0.246 e. The van der Waals surface area contributed by atoms with Gasteiger partial charge in [0.2, 0.25) is 10.0 Å². The Bertz CT molecular complexity index is 716. The molecule has 3 rings (SSSR count). The molecule has 0 aliphatic carbocycles. The van der Waals surface area contributed by atoms with E-state index in [1.165, 1.54) is 16.4 Å². The van der Waals surface area contributed by atoms with Crippen molar-refractivity contribution < 1.29 is 8.42 Å². The molecule has 1 saturated heterocycles. The third-order valence-corrected chi connectivity index (χ3v) is 6.72. The molecule has 0 N–H and O–H groups in total. The van der Waals surface area contributed by atoms with Crippen LogP contribution < -0.4 is 0 Å². The summed E-state index contributed by atoms with van der Waals surface area (Å²) in [7, 11) is -1.70. The van der Waals surface area contributed by atoms with E-state index < -0.39 is 10.0 Å². The molecule has 120 valence electrons. The maximum absolute atomic E-state index is 12.6. The zero-order valence-electron chi connectivity index (χ0n) is 12.7. The summed E-state index contributed by atoms with van der Waals surface area (Å²) in [6.07, 6.45) is 2.96. The summed E-state index contributed by atoms with van der Waals surface area (Å²) < 4.78 is 28.2. The molecule has 0 aromatic carbocycles. The van der Waals surface area contributed by atoms with Crippen LogP contribution in [0, 0.1) is 0 Å². The van der Waals surface area contributed by atoms with Crippen LogP contribution in [0.2, 0.25) is 0 Å². The minimum Gasteiger partial charge on any atom is -0.294 e. The molecule has 2 aromatic heterocycles. The molecule has 0 spiro atoms. The van der Waals surface area contributed by atoms with Crippen molar-refractivity contribution in [3.05, 3.63) is 34.8 Å². The molecule has 0 radical (unpaired) electrons. The fourth-order valence-corrected chi connectivity index (χ4v) is 4.89. The van der Waals surface area contributed by atoms with Gasteiger partial charge in [0, 0.05) is 45.5 Å². The first-order valence-corrected chi connectivity index (χ1v) is 9.62. The molecule has 8 heteroatoms. The van der Waals surface area contributed by atoms with Crippen molar-refractivity contribution in [1.29, 1.82) is 0 Å². The Kier molecular flexibility index (Phi) is 4.35. The van der Waals surface area contributed by atoms with Gasteiger partial charge >= 0.3 is 0 Å². The molecule has 1 atom stereocenters. The van der Waals surface area contributed by atoms with E-state index in [9.17, 15) is 8.42 Å². The van der Waals surface area contributed by atoms with Gasteiger partial charge in [-0.1, -0.05) is 0 Å². The highest BCUT2D eigenvalue weighted by atomic mass is 32.2. The number of aromatic nitrogens is 2. The first-order chi connectivity index (χ1) is 10.5. The van der Waals surface area contributed by atoms with E-state index in [2.05, 4.69) is 33.7 Å². The molecule has 2 aromatic rings. The lowest BCUT2D eigenvalue weighted by molar-refractivity contribution is 0.146. The van der Waals surface area contributed by atoms with Gasteiger partial charge in [-0.25, -0.2) is 8.42 Å². The Balaban J connectivity index is 1.67. The summed E-state index contributed by atoms with van der Waals surface area (Å²) in [5.74, 6) is 0. The summed E-state index contributed by atoms with van der Waals surface area (Å²) in [5.41, 5.74) is 1.30. The van der Waals surface area contributed by atoms with E-state index in [1.807, 2.05) is 0 Å². The number of rotatable bonds is 4. The van der Waals surface area contributed by atoms with Gasteiger partial charge in [0.25, 0.3) is 0 Å². The van der Waals surface area contributed by atoms with E-state index in [0.717, 1.165) is 13.1 Å². The molecular formula is C14H20N4O2S2. The second-order valence-corrected chi connectivity index (χ2v) is 8.24. The predicted molar refractivity (Wildman–Crippen MR) is 86.3 cm³/mol. The molecule has 3 heterocycles. The third kappa shape index (κ3) is 2.96. The zero-order chi connectivity index (χ0) is 15.7. The second-order valence-electron chi connectivity index (χ2n) is 5.52. The average Bonchev–Trinajstić information content (AvgIpc) is 3.18. The van der Waals surface area contributed by atoms with Crippen molar-refractivity contribution in [3.8, 4) is 0 Å². The first-order valence-electron chi connectivity index (χ1n) is 7.23. The van der Waals surface area contributed by atoms with Crippen LogP contribution in [0.25, 0.3) is 0 Å². The summed E-state index contributed by atoms with van der Waals surface area (Å²) in [5, 5.41) is 8.19. The van der Waals surface area contributed by atoms with Crippen LogP contribution in [0.3, 0.4) is 0 Å². The highest BCUT2D eigenvalue weighted by Crippen LogP contribution is 2.25. The highest BCUT2D eigenvalue weighted by Gasteiger charge is 2.31. The maximum atomic E-state index is 12.6. The summed E-state index contributed by atoms with van der Waals surface area (Å²) >= 11 is 1.69. The molecular weight excluding hydrogens is 320 g/mol. The SMILES string of the molecule is C[C@H](c1ccsc1)N1CCN(S(=O)(=O)c2cnn(C)c2)CC1. The van der Waals surface area contributed by atoms with Gasteiger partial charge in [-0.05, 0) is 29.3 Å². The number of piperazine rings is 1. The summed E-state index contributed by atoms with van der Waals surface area (Å²) in [6, 6.07) is 2.46. The number of thiophene rings is 1. The van der Waals surface area contributed by atoms with Crippen LogP contribution in [0.4, 0.5) is 0 Å². The Labute approximate surface area is 135 Å². The standard InChI is InChI=1S/C14H20N4O2S2/c1-12(13-3-8-21-11-13)17-4-6-18(7-5-17)22(19,20)14-9-15-16(2)10-14/h3,8-12H,4-7H2,1-2H3/t12-/m1/s1. The topological polar surface area (TPSA) is 58.4 Å². The number of hydrogen-bond donors (Lipinski definition) is 0. The fraction of sp³-hybridized carbons (Fsp3) is 0.500. The highest BCUT2D eigenvalue weighted by molar-refractivity contribution is 7.89. The van der Waals surface area contributed by atoms with E-state index in [-0.39, 0.29) is 4.90 Å². The Hall–Kier alpha value is -1.22. The van der Waals surface area contributed by atoms with Crippen molar-refractivity contribution in [2.75, 3.05) is 26.2 Å². The summed E-state index contributed by atoms with van der Waals surface area (Å²) in [4.78, 5) is 2.60. The van der Waals surface area contributed by atoms with Crippen LogP contribution >= 0.6 is 11.3 Å². The molecule has 1 aliphatic rings.